The molecule has 0 amide bonds. The Bertz CT molecular complexity index is 387. The largest absolute Gasteiger partial charge is 2.00 e. The first-order valence-electron chi connectivity index (χ1n) is 5.31. The number of allylic oxidation sites excluding steroid dienone is 6. The van der Waals surface area contributed by atoms with E-state index >= 15 is 0 Å². The Labute approximate surface area is 123 Å². The molecule has 1 aromatic carbocycles. The summed E-state index contributed by atoms with van der Waals surface area (Å²) in [5.41, 5.74) is 1.97. The molecule has 0 radical (unpaired) electrons. The normalized spacial score (nSPS) is 11.8. The average molecular weight is 307 g/mol. The quantitative estimate of drug-likeness (QED) is 0.372. The van der Waals surface area contributed by atoms with Gasteiger partial charge in [0.2, 0.25) is 0 Å². The summed E-state index contributed by atoms with van der Waals surface area (Å²) in [7, 11) is 0. The van der Waals surface area contributed by atoms with E-state index < -0.39 is 0 Å². The van der Waals surface area contributed by atoms with E-state index in [-0.39, 0.29) is 28.9 Å². The number of alkyl halides is 1. The van der Waals surface area contributed by atoms with Crippen molar-refractivity contribution in [1.29, 1.82) is 0 Å². The summed E-state index contributed by atoms with van der Waals surface area (Å²) >= 11 is 5.30. The molecule has 2 rings (SSSR count). The zero-order chi connectivity index (χ0) is 12.5. The standard InChI is InChI=1S/C7H8ClO.C7H8O.Fe/c8-6-9-5-7-3-1-2-4-7;1-6(8)7-4-2-3-5-7;/h1-4H,5-6H2;2-5,8H,1H3;/q-1;;+2/p-1. The molecular weight excluding hydrogens is 291 g/mol. The minimum absolute atomic E-state index is 0. The van der Waals surface area contributed by atoms with Crippen LogP contribution in [-0.4, -0.2) is 6.07 Å². The molecule has 0 N–H and O–H groups in total. The molecule has 0 fully saturated rings. The summed E-state index contributed by atoms with van der Waals surface area (Å²) in [6, 6.07) is 8.24. The van der Waals surface area contributed by atoms with Gasteiger partial charge in [-0.05, 0) is 5.57 Å². The molecule has 0 heterocycles. The van der Waals surface area contributed by atoms with E-state index in [1.165, 1.54) is 5.56 Å². The van der Waals surface area contributed by atoms with Crippen LogP contribution in [0.4, 0.5) is 0 Å². The van der Waals surface area contributed by atoms with E-state index in [4.69, 9.17) is 16.3 Å². The molecule has 1 aliphatic carbocycles. The third-order valence-corrected chi connectivity index (χ3v) is 2.30. The molecule has 4 heteroatoms. The second kappa shape index (κ2) is 10.1. The van der Waals surface area contributed by atoms with Crippen LogP contribution in [0, 0.1) is 0 Å². The van der Waals surface area contributed by atoms with Crippen molar-refractivity contribution in [2.45, 2.75) is 13.5 Å². The van der Waals surface area contributed by atoms with Crippen molar-refractivity contribution in [3.05, 3.63) is 65.5 Å². The second-order valence-corrected chi connectivity index (χ2v) is 3.70. The third kappa shape index (κ3) is 6.77. The minimum Gasteiger partial charge on any atom is -0.875 e. The van der Waals surface area contributed by atoms with Crippen molar-refractivity contribution < 1.29 is 26.9 Å². The Morgan fingerprint density at radius 3 is 2.44 bits per heavy atom. The number of halogens is 1. The maximum atomic E-state index is 10.5. The summed E-state index contributed by atoms with van der Waals surface area (Å²) in [6.07, 6.45) is 7.33. The Balaban J connectivity index is 0.000000306. The van der Waals surface area contributed by atoms with Crippen molar-refractivity contribution in [1.82, 2.24) is 0 Å². The summed E-state index contributed by atoms with van der Waals surface area (Å²) in [5, 5.41) is 10.5. The molecule has 98 valence electrons. The average Bonchev–Trinajstić information content (AvgIpc) is 3.00. The molecule has 0 saturated carbocycles. The van der Waals surface area contributed by atoms with Crippen LogP contribution in [0.25, 0.3) is 0 Å². The number of rotatable bonds is 3. The fourth-order valence-corrected chi connectivity index (χ4v) is 1.35. The minimum atomic E-state index is 0. The summed E-state index contributed by atoms with van der Waals surface area (Å²) < 4.78 is 4.94. The van der Waals surface area contributed by atoms with Gasteiger partial charge in [0.05, 0.1) is 6.61 Å². The predicted molar refractivity (Wildman–Crippen MR) is 68.5 cm³/mol. The van der Waals surface area contributed by atoms with Crippen LogP contribution in [0.5, 0.6) is 0 Å². The Hall–Kier alpha value is -0.861. The van der Waals surface area contributed by atoms with E-state index in [1.54, 1.807) is 6.92 Å². The summed E-state index contributed by atoms with van der Waals surface area (Å²) in [4.78, 5) is 0. The molecule has 0 atom stereocenters. The van der Waals surface area contributed by atoms with Crippen LogP contribution in [0.1, 0.15) is 12.5 Å². The van der Waals surface area contributed by atoms with Gasteiger partial charge in [-0.25, -0.2) is 12.1 Å². The number of ether oxygens (including phenoxy) is 1. The SMILES string of the molecule is CC([O-])=C1C=CC=C1.ClCOCc1ccc[cH-]1.[Fe+2]. The van der Waals surface area contributed by atoms with Crippen LogP contribution < -0.4 is 5.11 Å². The summed E-state index contributed by atoms with van der Waals surface area (Å²) in [5.74, 6) is 0.134. The van der Waals surface area contributed by atoms with Gasteiger partial charge in [0.25, 0.3) is 0 Å². The molecule has 1 aromatic rings. The topological polar surface area (TPSA) is 32.3 Å². The van der Waals surface area contributed by atoms with Crippen molar-refractivity contribution in [3.63, 3.8) is 0 Å². The van der Waals surface area contributed by atoms with Gasteiger partial charge in [-0.2, -0.15) is 12.1 Å². The zero-order valence-corrected chi connectivity index (χ0v) is 11.9. The molecule has 2 nitrogen and oxygen atoms in total. The van der Waals surface area contributed by atoms with E-state index in [1.807, 2.05) is 48.6 Å². The van der Waals surface area contributed by atoms with Crippen LogP contribution in [0.3, 0.4) is 0 Å². The van der Waals surface area contributed by atoms with Gasteiger partial charge in [0.1, 0.15) is 6.07 Å². The third-order valence-electron chi connectivity index (χ3n) is 2.15. The Morgan fingerprint density at radius 1 is 1.39 bits per heavy atom. The van der Waals surface area contributed by atoms with Gasteiger partial charge in [0.15, 0.2) is 0 Å². The van der Waals surface area contributed by atoms with Crippen LogP contribution in [0.15, 0.2) is 59.9 Å². The first-order valence-corrected chi connectivity index (χ1v) is 5.84. The molecule has 0 bridgehead atoms. The van der Waals surface area contributed by atoms with Crippen LogP contribution in [0.2, 0.25) is 0 Å². The van der Waals surface area contributed by atoms with Crippen LogP contribution in [-0.2, 0) is 28.4 Å². The molecule has 0 spiro atoms. The number of hydrogen-bond acceptors (Lipinski definition) is 2. The van der Waals surface area contributed by atoms with E-state index in [0.29, 0.717) is 6.61 Å². The fourth-order valence-electron chi connectivity index (χ4n) is 1.28. The van der Waals surface area contributed by atoms with Gasteiger partial charge in [-0.1, -0.05) is 42.8 Å². The summed E-state index contributed by atoms with van der Waals surface area (Å²) in [6.45, 7) is 2.19. The molecule has 0 saturated heterocycles. The monoisotopic (exact) mass is 306 g/mol. The fraction of sp³-hybridized carbons (Fsp3) is 0.214. The molecular formula is C14H15ClFeO2. The Morgan fingerprint density at radius 2 is 2.06 bits per heavy atom. The first kappa shape index (κ1) is 17.1. The van der Waals surface area contributed by atoms with Crippen LogP contribution >= 0.6 is 11.6 Å². The van der Waals surface area contributed by atoms with Gasteiger partial charge in [-0.3, -0.25) is 0 Å². The van der Waals surface area contributed by atoms with Gasteiger partial charge in [-0.15, -0.1) is 11.3 Å². The molecule has 1 aliphatic rings. The zero-order valence-electron chi connectivity index (χ0n) is 10.1. The van der Waals surface area contributed by atoms with E-state index in [0.717, 1.165) is 5.57 Å². The van der Waals surface area contributed by atoms with Crippen molar-refractivity contribution in [2.24, 2.45) is 0 Å². The molecule has 0 aliphatic heterocycles. The maximum absolute atomic E-state index is 10.5. The number of hydrogen-bond donors (Lipinski definition) is 0. The smallest absolute Gasteiger partial charge is 0.875 e. The van der Waals surface area contributed by atoms with Gasteiger partial charge >= 0.3 is 17.1 Å². The Kier molecular flexibility index (Phi) is 9.62. The van der Waals surface area contributed by atoms with Gasteiger partial charge in [0, 0.05) is 0 Å². The van der Waals surface area contributed by atoms with Crippen molar-refractivity contribution in [3.8, 4) is 0 Å². The van der Waals surface area contributed by atoms with E-state index in [9.17, 15) is 5.11 Å². The maximum Gasteiger partial charge on any atom is 2.00 e. The van der Waals surface area contributed by atoms with Gasteiger partial charge < -0.3 is 9.84 Å². The predicted octanol–water partition coefficient (Wildman–Crippen LogP) is 2.86. The second-order valence-electron chi connectivity index (χ2n) is 3.48. The van der Waals surface area contributed by atoms with E-state index in [2.05, 4.69) is 0 Å². The molecule has 18 heavy (non-hydrogen) atoms. The first-order chi connectivity index (χ1) is 8.24. The molecule has 0 aromatic heterocycles. The van der Waals surface area contributed by atoms with Crippen molar-refractivity contribution in [2.75, 3.05) is 6.07 Å². The van der Waals surface area contributed by atoms with Crippen molar-refractivity contribution >= 4 is 11.6 Å². The molecule has 0 unspecified atom stereocenters.